The van der Waals surface area contributed by atoms with Crippen molar-refractivity contribution >= 4 is 41.7 Å². The van der Waals surface area contributed by atoms with Gasteiger partial charge in [0.25, 0.3) is 0 Å². The minimum absolute atomic E-state index is 0. The quantitative estimate of drug-likeness (QED) is 0.190. The van der Waals surface area contributed by atoms with E-state index in [-0.39, 0.29) is 42.0 Å². The number of anilines is 1. The zero-order valence-corrected chi connectivity index (χ0v) is 18.6. The van der Waals surface area contributed by atoms with E-state index in [0.29, 0.717) is 5.96 Å². The summed E-state index contributed by atoms with van der Waals surface area (Å²) in [6, 6.07) is 5.82. The lowest BCUT2D eigenvalue weighted by atomic mass is 10.1. The summed E-state index contributed by atoms with van der Waals surface area (Å²) in [4.78, 5) is 20.4. The number of aliphatic imine (C=N–C) groups is 1. The number of amides is 1. The maximum absolute atomic E-state index is 11.8. The molecule has 4 N–H and O–H groups in total. The Kier molecular flexibility index (Phi) is 12.8. The molecule has 1 aromatic rings. The summed E-state index contributed by atoms with van der Waals surface area (Å²) < 4.78 is 0. The minimum Gasteiger partial charge on any atom is -0.370 e. The normalized spacial score (nSPS) is 11.3. The first-order valence-corrected chi connectivity index (χ1v) is 8.89. The number of nitrogens with one attached hydrogen (secondary N) is 4. The molecule has 0 saturated carbocycles. The first-order chi connectivity index (χ1) is 11.9. The van der Waals surface area contributed by atoms with Crippen LogP contribution in [0.4, 0.5) is 5.82 Å². The standard InChI is InChI=1S/C18H32N6O.HI/c1-5-19-17(23-14-16(25)24-18(2,3)4)22-13-9-8-12-21-15-10-6-7-11-20-15;/h6-7,10-11H,5,8-9,12-14H2,1-4H3,(H,20,21)(H,24,25)(H2,19,22,23);1H. The van der Waals surface area contributed by atoms with Crippen LogP contribution in [-0.2, 0) is 4.79 Å². The molecule has 0 aliphatic rings. The molecule has 0 aromatic carbocycles. The largest absolute Gasteiger partial charge is 0.370 e. The Morgan fingerprint density at radius 2 is 1.88 bits per heavy atom. The first kappa shape index (κ1) is 24.4. The Labute approximate surface area is 174 Å². The predicted octanol–water partition coefficient (Wildman–Crippen LogP) is 2.36. The van der Waals surface area contributed by atoms with Gasteiger partial charge in [-0.25, -0.2) is 9.98 Å². The number of pyridine rings is 1. The molecule has 0 bridgehead atoms. The maximum Gasteiger partial charge on any atom is 0.242 e. The van der Waals surface area contributed by atoms with Gasteiger partial charge >= 0.3 is 0 Å². The number of aromatic nitrogens is 1. The molecule has 0 unspecified atom stereocenters. The molecule has 0 saturated heterocycles. The first-order valence-electron chi connectivity index (χ1n) is 8.89. The van der Waals surface area contributed by atoms with E-state index in [1.807, 2.05) is 45.9 Å². The molecule has 1 rings (SSSR count). The molecule has 0 fully saturated rings. The van der Waals surface area contributed by atoms with E-state index in [9.17, 15) is 4.79 Å². The number of hydrogen-bond donors (Lipinski definition) is 4. The second kappa shape index (κ2) is 13.6. The average Bonchev–Trinajstić information content (AvgIpc) is 2.55. The van der Waals surface area contributed by atoms with Crippen LogP contribution in [0.1, 0.15) is 40.5 Å². The Balaban J connectivity index is 0.00000625. The van der Waals surface area contributed by atoms with Crippen molar-refractivity contribution in [2.24, 2.45) is 4.99 Å². The van der Waals surface area contributed by atoms with Crippen LogP contribution >= 0.6 is 24.0 Å². The van der Waals surface area contributed by atoms with Gasteiger partial charge in [0, 0.05) is 31.4 Å². The van der Waals surface area contributed by atoms with Gasteiger partial charge in [0.1, 0.15) is 12.4 Å². The summed E-state index contributed by atoms with van der Waals surface area (Å²) >= 11 is 0. The van der Waals surface area contributed by atoms with Crippen molar-refractivity contribution in [1.29, 1.82) is 0 Å². The Hall–Kier alpha value is -1.58. The topological polar surface area (TPSA) is 90.4 Å². The number of carbonyl (C=O) groups is 1. The van der Waals surface area contributed by atoms with Crippen molar-refractivity contribution in [2.45, 2.75) is 46.1 Å². The van der Waals surface area contributed by atoms with Gasteiger partial charge in [-0.15, -0.1) is 24.0 Å². The number of hydrogen-bond acceptors (Lipinski definition) is 4. The number of rotatable bonds is 9. The molecule has 0 spiro atoms. The van der Waals surface area contributed by atoms with Gasteiger partial charge in [0.2, 0.25) is 5.91 Å². The second-order valence-electron chi connectivity index (χ2n) is 6.77. The lowest BCUT2D eigenvalue weighted by Gasteiger charge is -2.20. The molecule has 1 aromatic heterocycles. The van der Waals surface area contributed by atoms with Crippen molar-refractivity contribution in [3.05, 3.63) is 24.4 Å². The molecular formula is C18H33IN6O. The number of guanidine groups is 1. The van der Waals surface area contributed by atoms with E-state index in [2.05, 4.69) is 31.2 Å². The molecular weight excluding hydrogens is 443 g/mol. The molecule has 0 aliphatic heterocycles. The van der Waals surface area contributed by atoms with Crippen LogP contribution in [0.15, 0.2) is 29.4 Å². The number of unbranched alkanes of at least 4 members (excludes halogenated alkanes) is 1. The van der Waals surface area contributed by atoms with Crippen molar-refractivity contribution in [3.63, 3.8) is 0 Å². The molecule has 0 atom stereocenters. The predicted molar refractivity (Wildman–Crippen MR) is 119 cm³/mol. The fourth-order valence-electron chi connectivity index (χ4n) is 2.09. The lowest BCUT2D eigenvalue weighted by molar-refractivity contribution is -0.121. The Morgan fingerprint density at radius 1 is 1.15 bits per heavy atom. The third-order valence-electron chi connectivity index (χ3n) is 3.11. The highest BCUT2D eigenvalue weighted by atomic mass is 127. The van der Waals surface area contributed by atoms with E-state index in [1.165, 1.54) is 0 Å². The summed E-state index contributed by atoms with van der Waals surface area (Å²) in [5, 5.41) is 12.6. The van der Waals surface area contributed by atoms with Crippen LogP contribution in [0.2, 0.25) is 0 Å². The Morgan fingerprint density at radius 3 is 2.50 bits per heavy atom. The summed E-state index contributed by atoms with van der Waals surface area (Å²) in [5.41, 5.74) is -0.237. The molecule has 0 aliphatic carbocycles. The van der Waals surface area contributed by atoms with E-state index in [4.69, 9.17) is 0 Å². The highest BCUT2D eigenvalue weighted by Gasteiger charge is 2.13. The third-order valence-corrected chi connectivity index (χ3v) is 3.11. The molecule has 148 valence electrons. The van der Waals surface area contributed by atoms with Gasteiger partial charge in [-0.05, 0) is 52.7 Å². The van der Waals surface area contributed by atoms with Gasteiger partial charge in [0.15, 0.2) is 5.96 Å². The Bertz CT molecular complexity index is 530. The molecule has 26 heavy (non-hydrogen) atoms. The third kappa shape index (κ3) is 12.7. The van der Waals surface area contributed by atoms with Crippen LogP contribution in [0.5, 0.6) is 0 Å². The fraction of sp³-hybridized carbons (Fsp3) is 0.611. The molecule has 7 nitrogen and oxygen atoms in total. The summed E-state index contributed by atoms with van der Waals surface area (Å²) in [6.07, 6.45) is 3.80. The minimum atomic E-state index is -0.237. The van der Waals surface area contributed by atoms with Gasteiger partial charge < -0.3 is 21.3 Å². The van der Waals surface area contributed by atoms with Crippen molar-refractivity contribution in [2.75, 3.05) is 31.5 Å². The zero-order chi connectivity index (χ0) is 18.5. The maximum atomic E-state index is 11.8. The average molecular weight is 476 g/mol. The van der Waals surface area contributed by atoms with Crippen LogP contribution in [0, 0.1) is 0 Å². The highest BCUT2D eigenvalue weighted by Crippen LogP contribution is 2.00. The summed E-state index contributed by atoms with van der Waals surface area (Å²) in [6.45, 7) is 10.4. The van der Waals surface area contributed by atoms with Crippen molar-refractivity contribution in [1.82, 2.24) is 20.9 Å². The van der Waals surface area contributed by atoms with Crippen LogP contribution in [-0.4, -0.2) is 48.6 Å². The lowest BCUT2D eigenvalue weighted by Crippen LogP contribution is -2.43. The zero-order valence-electron chi connectivity index (χ0n) is 16.3. The SMILES string of the molecule is CCNC(=NCC(=O)NC(C)(C)C)NCCCCNc1ccccn1.I. The molecule has 8 heteroatoms. The number of nitrogens with zero attached hydrogens (tertiary/aromatic N) is 2. The summed E-state index contributed by atoms with van der Waals surface area (Å²) in [5.74, 6) is 1.49. The van der Waals surface area contributed by atoms with E-state index >= 15 is 0 Å². The number of halogens is 1. The van der Waals surface area contributed by atoms with Gasteiger partial charge in [-0.1, -0.05) is 6.07 Å². The van der Waals surface area contributed by atoms with Crippen LogP contribution in [0.3, 0.4) is 0 Å². The van der Waals surface area contributed by atoms with E-state index < -0.39 is 0 Å². The molecule has 0 radical (unpaired) electrons. The number of carbonyl (C=O) groups excluding carboxylic acids is 1. The molecule has 1 amide bonds. The van der Waals surface area contributed by atoms with Crippen molar-refractivity contribution in [3.8, 4) is 0 Å². The monoisotopic (exact) mass is 476 g/mol. The van der Waals surface area contributed by atoms with Crippen LogP contribution < -0.4 is 21.3 Å². The fourth-order valence-corrected chi connectivity index (χ4v) is 2.09. The van der Waals surface area contributed by atoms with Gasteiger partial charge in [-0.2, -0.15) is 0 Å². The van der Waals surface area contributed by atoms with Crippen molar-refractivity contribution < 1.29 is 4.79 Å². The molecule has 1 heterocycles. The second-order valence-corrected chi connectivity index (χ2v) is 6.77. The van der Waals surface area contributed by atoms with E-state index in [1.54, 1.807) is 6.20 Å². The summed E-state index contributed by atoms with van der Waals surface area (Å²) in [7, 11) is 0. The smallest absolute Gasteiger partial charge is 0.242 e. The highest BCUT2D eigenvalue weighted by molar-refractivity contribution is 14.0. The van der Waals surface area contributed by atoms with Gasteiger partial charge in [-0.3, -0.25) is 4.79 Å². The van der Waals surface area contributed by atoms with E-state index in [0.717, 1.165) is 38.3 Å². The van der Waals surface area contributed by atoms with Crippen LogP contribution in [0.25, 0.3) is 0 Å². The van der Waals surface area contributed by atoms with Gasteiger partial charge in [0.05, 0.1) is 0 Å².